The van der Waals surface area contributed by atoms with Crippen LogP contribution in [0.3, 0.4) is 0 Å². The summed E-state index contributed by atoms with van der Waals surface area (Å²) in [5, 5.41) is 10.3. The van der Waals surface area contributed by atoms with Crippen LogP contribution in [-0.4, -0.2) is 37.0 Å². The monoisotopic (exact) mass is 501 g/mol. The second-order valence-corrected chi connectivity index (χ2v) is 7.18. The molecule has 1 aromatic carbocycles. The summed E-state index contributed by atoms with van der Waals surface area (Å²) in [7, 11) is 1.64. The third-order valence-corrected chi connectivity index (χ3v) is 4.90. The van der Waals surface area contributed by atoms with Gasteiger partial charge in [-0.2, -0.15) is 0 Å². The van der Waals surface area contributed by atoms with E-state index in [1.165, 1.54) is 4.88 Å². The number of halogens is 1. The molecule has 148 valence electrons. The van der Waals surface area contributed by atoms with Crippen molar-refractivity contribution >= 4 is 47.2 Å². The van der Waals surface area contributed by atoms with Crippen LogP contribution < -0.4 is 16.0 Å². The van der Waals surface area contributed by atoms with E-state index in [1.807, 2.05) is 45.0 Å². The number of aryl methyl sites for hydroxylation is 2. The van der Waals surface area contributed by atoms with Crippen molar-refractivity contribution < 1.29 is 4.79 Å². The number of thiazole rings is 1. The molecule has 0 fully saturated rings. The SMILES string of the molecule is CCNC(=NCc1sc(C)nc1C)NCCc1cccc(C(=O)NC)c1.I. The minimum atomic E-state index is -0.0649. The van der Waals surface area contributed by atoms with E-state index in [-0.39, 0.29) is 29.9 Å². The molecule has 2 rings (SSSR count). The topological polar surface area (TPSA) is 78.4 Å². The van der Waals surface area contributed by atoms with Crippen LogP contribution in [0.4, 0.5) is 0 Å². The highest BCUT2D eigenvalue weighted by molar-refractivity contribution is 14.0. The molecule has 3 N–H and O–H groups in total. The lowest BCUT2D eigenvalue weighted by Crippen LogP contribution is -2.38. The zero-order chi connectivity index (χ0) is 18.9. The van der Waals surface area contributed by atoms with Crippen LogP contribution in [0.1, 0.15) is 38.4 Å². The third-order valence-electron chi connectivity index (χ3n) is 3.85. The molecule has 0 spiro atoms. The molecule has 0 bridgehead atoms. The number of aliphatic imine (C=N–C) groups is 1. The molecule has 8 heteroatoms. The Hall–Kier alpha value is -1.68. The molecular weight excluding hydrogens is 473 g/mol. The third kappa shape index (κ3) is 7.45. The normalized spacial score (nSPS) is 10.9. The van der Waals surface area contributed by atoms with Gasteiger partial charge >= 0.3 is 0 Å². The summed E-state index contributed by atoms with van der Waals surface area (Å²) in [6.45, 7) is 8.25. The number of aromatic nitrogens is 1. The van der Waals surface area contributed by atoms with Crippen LogP contribution in [0, 0.1) is 13.8 Å². The number of guanidine groups is 1. The molecule has 0 aliphatic heterocycles. The summed E-state index contributed by atoms with van der Waals surface area (Å²) in [5.41, 5.74) is 2.85. The van der Waals surface area contributed by atoms with Gasteiger partial charge in [-0.05, 0) is 44.9 Å². The van der Waals surface area contributed by atoms with Crippen LogP contribution in [-0.2, 0) is 13.0 Å². The molecule has 0 saturated heterocycles. The van der Waals surface area contributed by atoms with Gasteiger partial charge in [0.15, 0.2) is 5.96 Å². The van der Waals surface area contributed by atoms with E-state index in [0.29, 0.717) is 12.1 Å². The molecule has 1 heterocycles. The minimum absolute atomic E-state index is 0. The quantitative estimate of drug-likeness (QED) is 0.310. The summed E-state index contributed by atoms with van der Waals surface area (Å²) < 4.78 is 0. The second kappa shape index (κ2) is 11.9. The first-order valence-electron chi connectivity index (χ1n) is 8.79. The first-order valence-corrected chi connectivity index (χ1v) is 9.61. The standard InChI is InChI=1S/C19H27N5OS.HI/c1-5-21-19(23-12-17-13(2)24-14(3)26-17)22-10-9-15-7-6-8-16(11-15)18(25)20-4;/h6-8,11H,5,9-10,12H2,1-4H3,(H,20,25)(H2,21,22,23);1H. The molecule has 1 amide bonds. The fourth-order valence-corrected chi connectivity index (χ4v) is 3.41. The van der Waals surface area contributed by atoms with Crippen molar-refractivity contribution in [2.24, 2.45) is 4.99 Å². The van der Waals surface area contributed by atoms with Gasteiger partial charge in [0.1, 0.15) is 0 Å². The Morgan fingerprint density at radius 1 is 1.26 bits per heavy atom. The van der Waals surface area contributed by atoms with E-state index in [4.69, 9.17) is 0 Å². The van der Waals surface area contributed by atoms with Crippen molar-refractivity contribution in [2.45, 2.75) is 33.7 Å². The van der Waals surface area contributed by atoms with Gasteiger partial charge in [0.2, 0.25) is 0 Å². The van der Waals surface area contributed by atoms with Crippen molar-refractivity contribution in [1.82, 2.24) is 20.9 Å². The molecule has 27 heavy (non-hydrogen) atoms. The second-order valence-electron chi connectivity index (χ2n) is 5.89. The molecule has 1 aromatic heterocycles. The molecule has 0 atom stereocenters. The van der Waals surface area contributed by atoms with Crippen LogP contribution >= 0.6 is 35.3 Å². The van der Waals surface area contributed by atoms with E-state index in [0.717, 1.165) is 41.7 Å². The number of amides is 1. The molecule has 0 unspecified atom stereocenters. The zero-order valence-corrected chi connectivity index (χ0v) is 19.4. The van der Waals surface area contributed by atoms with Crippen LogP contribution in [0.5, 0.6) is 0 Å². The van der Waals surface area contributed by atoms with Gasteiger partial charge in [-0.15, -0.1) is 35.3 Å². The molecular formula is C19H28IN5OS. The van der Waals surface area contributed by atoms with Crippen molar-refractivity contribution in [1.29, 1.82) is 0 Å². The first-order chi connectivity index (χ1) is 12.5. The van der Waals surface area contributed by atoms with Crippen LogP contribution in [0.25, 0.3) is 0 Å². The van der Waals surface area contributed by atoms with Gasteiger partial charge in [0.05, 0.1) is 17.2 Å². The summed E-state index contributed by atoms with van der Waals surface area (Å²) in [6, 6.07) is 7.68. The average Bonchev–Trinajstić information content (AvgIpc) is 2.96. The summed E-state index contributed by atoms with van der Waals surface area (Å²) in [6.07, 6.45) is 0.813. The fourth-order valence-electron chi connectivity index (χ4n) is 2.55. The summed E-state index contributed by atoms with van der Waals surface area (Å²) in [4.78, 5) is 22.0. The lowest BCUT2D eigenvalue weighted by atomic mass is 10.1. The number of carbonyl (C=O) groups is 1. The van der Waals surface area contributed by atoms with Gasteiger partial charge < -0.3 is 16.0 Å². The predicted molar refractivity (Wildman–Crippen MR) is 123 cm³/mol. The lowest BCUT2D eigenvalue weighted by Gasteiger charge is -2.11. The van der Waals surface area contributed by atoms with E-state index in [9.17, 15) is 4.79 Å². The van der Waals surface area contributed by atoms with E-state index < -0.39 is 0 Å². The average molecular weight is 501 g/mol. The Bertz CT molecular complexity index is 775. The van der Waals surface area contributed by atoms with Gasteiger partial charge in [-0.25, -0.2) is 9.98 Å². The van der Waals surface area contributed by atoms with E-state index >= 15 is 0 Å². The van der Waals surface area contributed by atoms with Gasteiger partial charge in [-0.3, -0.25) is 4.79 Å². The van der Waals surface area contributed by atoms with Gasteiger partial charge in [0.25, 0.3) is 5.91 Å². The largest absolute Gasteiger partial charge is 0.357 e. The summed E-state index contributed by atoms with van der Waals surface area (Å²) in [5.74, 6) is 0.727. The smallest absolute Gasteiger partial charge is 0.251 e. The minimum Gasteiger partial charge on any atom is -0.357 e. The Labute approximate surface area is 182 Å². The van der Waals surface area contributed by atoms with Crippen molar-refractivity contribution in [2.75, 3.05) is 20.1 Å². The number of hydrogen-bond donors (Lipinski definition) is 3. The van der Waals surface area contributed by atoms with Gasteiger partial charge in [-0.1, -0.05) is 12.1 Å². The maximum Gasteiger partial charge on any atom is 0.251 e. The number of carbonyl (C=O) groups excluding carboxylic acids is 1. The van der Waals surface area contributed by atoms with Crippen molar-refractivity contribution in [3.05, 3.63) is 51.0 Å². The highest BCUT2D eigenvalue weighted by Crippen LogP contribution is 2.17. The number of nitrogens with zero attached hydrogens (tertiary/aromatic N) is 2. The fraction of sp³-hybridized carbons (Fsp3) is 0.421. The van der Waals surface area contributed by atoms with Crippen LogP contribution in [0.15, 0.2) is 29.3 Å². The Morgan fingerprint density at radius 2 is 2.04 bits per heavy atom. The van der Waals surface area contributed by atoms with E-state index in [2.05, 4.69) is 25.9 Å². The molecule has 0 radical (unpaired) electrons. The van der Waals surface area contributed by atoms with Crippen LogP contribution in [0.2, 0.25) is 0 Å². The first kappa shape index (κ1) is 23.4. The van der Waals surface area contributed by atoms with Crippen molar-refractivity contribution in [3.63, 3.8) is 0 Å². The number of benzene rings is 1. The van der Waals surface area contributed by atoms with E-state index in [1.54, 1.807) is 18.4 Å². The Kier molecular flexibility index (Phi) is 10.3. The van der Waals surface area contributed by atoms with Crippen molar-refractivity contribution in [3.8, 4) is 0 Å². The number of rotatable bonds is 7. The molecule has 0 aliphatic rings. The number of nitrogens with one attached hydrogen (secondary N) is 3. The lowest BCUT2D eigenvalue weighted by molar-refractivity contribution is 0.0963. The molecule has 0 saturated carbocycles. The maximum absolute atomic E-state index is 11.7. The predicted octanol–water partition coefficient (Wildman–Crippen LogP) is 3.04. The molecule has 2 aromatic rings. The number of hydrogen-bond acceptors (Lipinski definition) is 4. The summed E-state index contributed by atoms with van der Waals surface area (Å²) >= 11 is 1.69. The molecule has 0 aliphatic carbocycles. The highest BCUT2D eigenvalue weighted by atomic mass is 127. The van der Waals surface area contributed by atoms with Gasteiger partial charge in [0, 0.05) is 30.6 Å². The zero-order valence-electron chi connectivity index (χ0n) is 16.3. The highest BCUT2D eigenvalue weighted by Gasteiger charge is 2.06. The maximum atomic E-state index is 11.7. The Balaban J connectivity index is 0.00000364. The Morgan fingerprint density at radius 3 is 2.67 bits per heavy atom. The molecule has 6 nitrogen and oxygen atoms in total.